The van der Waals surface area contributed by atoms with Gasteiger partial charge in [-0.15, -0.1) is 0 Å². The summed E-state index contributed by atoms with van der Waals surface area (Å²) in [6.07, 6.45) is -0.0798. The van der Waals surface area contributed by atoms with E-state index in [-0.39, 0.29) is 18.2 Å². The largest absolute Gasteiger partial charge is 0.495 e. The fraction of sp³-hybridized carbons (Fsp3) is 0.412. The topological polar surface area (TPSA) is 109 Å². The standard InChI is InChI=1S/C17H23ClN4O4/c1-10(2)9-19-16(24)17(25)22-21-11(3)7-15(23)20-13-8-12(18)5-6-14(13)26-4/h5-6,8,10H,7,9H2,1-4H3,(H,19,24)(H,20,23)(H,22,25)/b21-11+. The van der Waals surface area contributed by atoms with Gasteiger partial charge in [0.1, 0.15) is 5.75 Å². The highest BCUT2D eigenvalue weighted by Gasteiger charge is 2.13. The molecule has 0 radical (unpaired) electrons. The van der Waals surface area contributed by atoms with E-state index in [2.05, 4.69) is 21.2 Å². The second kappa shape index (κ2) is 10.4. The fourth-order valence-electron chi connectivity index (χ4n) is 1.82. The van der Waals surface area contributed by atoms with Crippen molar-refractivity contribution in [3.63, 3.8) is 0 Å². The summed E-state index contributed by atoms with van der Waals surface area (Å²) in [7, 11) is 1.48. The maximum Gasteiger partial charge on any atom is 0.329 e. The number of carbonyl (C=O) groups is 3. The van der Waals surface area contributed by atoms with E-state index in [1.807, 2.05) is 13.8 Å². The molecule has 0 atom stereocenters. The van der Waals surface area contributed by atoms with Crippen LogP contribution in [0, 0.1) is 5.92 Å². The number of amides is 3. The first-order chi connectivity index (χ1) is 12.2. The first kappa shape index (κ1) is 21.4. The van der Waals surface area contributed by atoms with Crippen molar-refractivity contribution in [3.05, 3.63) is 23.2 Å². The van der Waals surface area contributed by atoms with E-state index in [0.29, 0.717) is 28.7 Å². The van der Waals surface area contributed by atoms with Gasteiger partial charge in [0.15, 0.2) is 0 Å². The SMILES string of the molecule is COc1ccc(Cl)cc1NC(=O)C/C(C)=N/NC(=O)C(=O)NCC(C)C. The first-order valence-electron chi connectivity index (χ1n) is 7.97. The maximum atomic E-state index is 12.1. The summed E-state index contributed by atoms with van der Waals surface area (Å²) < 4.78 is 5.15. The molecule has 142 valence electrons. The molecular weight excluding hydrogens is 360 g/mol. The van der Waals surface area contributed by atoms with Crippen LogP contribution in [0.5, 0.6) is 5.75 Å². The van der Waals surface area contributed by atoms with Gasteiger partial charge in [0.05, 0.1) is 19.2 Å². The van der Waals surface area contributed by atoms with Crippen LogP contribution in [0.1, 0.15) is 27.2 Å². The summed E-state index contributed by atoms with van der Waals surface area (Å²) in [6, 6.07) is 4.84. The van der Waals surface area contributed by atoms with Gasteiger partial charge in [0.25, 0.3) is 0 Å². The Kier molecular flexibility index (Phi) is 8.57. The van der Waals surface area contributed by atoms with Crippen molar-refractivity contribution in [2.45, 2.75) is 27.2 Å². The summed E-state index contributed by atoms with van der Waals surface area (Å²) in [5, 5.41) is 9.33. The predicted octanol–water partition coefficient (Wildman–Crippen LogP) is 1.94. The lowest BCUT2D eigenvalue weighted by atomic mass is 10.2. The Labute approximate surface area is 157 Å². The van der Waals surface area contributed by atoms with Crippen LogP contribution in [0.3, 0.4) is 0 Å². The van der Waals surface area contributed by atoms with Crippen LogP contribution in [0.25, 0.3) is 0 Å². The number of carbonyl (C=O) groups excluding carboxylic acids is 3. The third kappa shape index (κ3) is 7.52. The number of anilines is 1. The van der Waals surface area contributed by atoms with E-state index in [4.69, 9.17) is 16.3 Å². The van der Waals surface area contributed by atoms with Crippen molar-refractivity contribution < 1.29 is 19.1 Å². The van der Waals surface area contributed by atoms with Crippen molar-refractivity contribution in [3.8, 4) is 5.75 Å². The van der Waals surface area contributed by atoms with Crippen LogP contribution in [-0.4, -0.2) is 37.1 Å². The Balaban J connectivity index is 2.56. The molecule has 3 N–H and O–H groups in total. The van der Waals surface area contributed by atoms with Gasteiger partial charge in [0, 0.05) is 17.3 Å². The molecular formula is C17H23ClN4O4. The molecule has 0 unspecified atom stereocenters. The lowest BCUT2D eigenvalue weighted by Crippen LogP contribution is -2.39. The molecule has 0 heterocycles. The maximum absolute atomic E-state index is 12.1. The average molecular weight is 383 g/mol. The molecule has 0 aliphatic carbocycles. The molecule has 0 saturated heterocycles. The zero-order chi connectivity index (χ0) is 19.7. The van der Waals surface area contributed by atoms with E-state index < -0.39 is 11.8 Å². The molecule has 0 aromatic heterocycles. The number of nitrogens with one attached hydrogen (secondary N) is 3. The van der Waals surface area contributed by atoms with Crippen molar-refractivity contribution in [1.82, 2.24) is 10.7 Å². The molecule has 1 aromatic carbocycles. The molecule has 8 nitrogen and oxygen atoms in total. The molecule has 3 amide bonds. The Bertz CT molecular complexity index is 704. The molecule has 1 rings (SSSR count). The number of methoxy groups -OCH3 is 1. The number of ether oxygens (including phenoxy) is 1. The van der Waals surface area contributed by atoms with Crippen LogP contribution >= 0.6 is 11.6 Å². The molecule has 0 bridgehead atoms. The second-order valence-corrected chi connectivity index (χ2v) is 6.40. The van der Waals surface area contributed by atoms with Crippen molar-refractivity contribution in [2.24, 2.45) is 11.0 Å². The van der Waals surface area contributed by atoms with Crippen LogP contribution in [0.2, 0.25) is 5.02 Å². The van der Waals surface area contributed by atoms with Crippen molar-refractivity contribution in [1.29, 1.82) is 0 Å². The number of hydrogen-bond donors (Lipinski definition) is 3. The fourth-order valence-corrected chi connectivity index (χ4v) is 1.99. The normalized spacial score (nSPS) is 11.1. The zero-order valence-electron chi connectivity index (χ0n) is 15.2. The van der Waals surface area contributed by atoms with Gasteiger partial charge in [-0.25, -0.2) is 5.43 Å². The van der Waals surface area contributed by atoms with Gasteiger partial charge in [-0.1, -0.05) is 25.4 Å². The number of hydrogen-bond acceptors (Lipinski definition) is 5. The first-order valence-corrected chi connectivity index (χ1v) is 8.35. The average Bonchev–Trinajstić information content (AvgIpc) is 2.57. The summed E-state index contributed by atoms with van der Waals surface area (Å²) in [5.74, 6) is -1.34. The number of benzene rings is 1. The molecule has 0 aliphatic rings. The van der Waals surface area contributed by atoms with Gasteiger partial charge in [-0.05, 0) is 31.0 Å². The molecule has 1 aromatic rings. The number of halogens is 1. The van der Waals surface area contributed by atoms with Crippen LogP contribution < -0.4 is 20.8 Å². The van der Waals surface area contributed by atoms with Gasteiger partial charge < -0.3 is 15.4 Å². The van der Waals surface area contributed by atoms with Gasteiger partial charge in [-0.3, -0.25) is 14.4 Å². The quantitative estimate of drug-likeness (QED) is 0.380. The van der Waals surface area contributed by atoms with E-state index in [0.717, 1.165) is 0 Å². The number of rotatable bonds is 7. The predicted molar refractivity (Wildman–Crippen MR) is 100 cm³/mol. The Hall–Kier alpha value is -2.61. The lowest BCUT2D eigenvalue weighted by molar-refractivity contribution is -0.139. The monoisotopic (exact) mass is 382 g/mol. The molecule has 0 saturated carbocycles. The highest BCUT2D eigenvalue weighted by molar-refractivity contribution is 6.35. The smallest absolute Gasteiger partial charge is 0.329 e. The van der Waals surface area contributed by atoms with E-state index in [1.165, 1.54) is 7.11 Å². The van der Waals surface area contributed by atoms with Gasteiger partial charge in [0.2, 0.25) is 5.91 Å². The minimum atomic E-state index is -0.887. The number of nitrogens with zero attached hydrogens (tertiary/aromatic N) is 1. The Morgan fingerprint density at radius 2 is 1.92 bits per heavy atom. The summed E-state index contributed by atoms with van der Waals surface area (Å²) in [6.45, 7) is 5.77. The van der Waals surface area contributed by atoms with Crippen LogP contribution in [0.15, 0.2) is 23.3 Å². The minimum absolute atomic E-state index is 0.0798. The summed E-state index contributed by atoms with van der Waals surface area (Å²) >= 11 is 5.91. The van der Waals surface area contributed by atoms with E-state index >= 15 is 0 Å². The van der Waals surface area contributed by atoms with Gasteiger partial charge >= 0.3 is 11.8 Å². The third-order valence-corrected chi connectivity index (χ3v) is 3.31. The van der Waals surface area contributed by atoms with E-state index in [9.17, 15) is 14.4 Å². The molecule has 0 fully saturated rings. The van der Waals surface area contributed by atoms with Crippen LogP contribution in [-0.2, 0) is 14.4 Å². The highest BCUT2D eigenvalue weighted by Crippen LogP contribution is 2.27. The minimum Gasteiger partial charge on any atom is -0.495 e. The highest BCUT2D eigenvalue weighted by atomic mass is 35.5. The van der Waals surface area contributed by atoms with Crippen molar-refractivity contribution >= 4 is 40.7 Å². The Morgan fingerprint density at radius 1 is 1.23 bits per heavy atom. The molecule has 26 heavy (non-hydrogen) atoms. The van der Waals surface area contributed by atoms with Gasteiger partial charge in [-0.2, -0.15) is 5.10 Å². The Morgan fingerprint density at radius 3 is 2.54 bits per heavy atom. The molecule has 0 spiro atoms. The lowest BCUT2D eigenvalue weighted by Gasteiger charge is -2.10. The number of hydrazone groups is 1. The van der Waals surface area contributed by atoms with Crippen molar-refractivity contribution in [2.75, 3.05) is 19.0 Å². The molecule has 9 heteroatoms. The summed E-state index contributed by atoms with van der Waals surface area (Å²) in [5.41, 5.74) is 2.87. The summed E-state index contributed by atoms with van der Waals surface area (Å²) in [4.78, 5) is 35.2. The zero-order valence-corrected chi connectivity index (χ0v) is 15.9. The second-order valence-electron chi connectivity index (χ2n) is 5.96. The van der Waals surface area contributed by atoms with Crippen LogP contribution in [0.4, 0.5) is 5.69 Å². The van der Waals surface area contributed by atoms with E-state index in [1.54, 1.807) is 25.1 Å². The molecule has 0 aliphatic heterocycles. The third-order valence-electron chi connectivity index (χ3n) is 3.08.